The summed E-state index contributed by atoms with van der Waals surface area (Å²) in [5.74, 6) is 0.0362. The normalized spacial score (nSPS) is 11.4. The number of hydrogen-bond donors (Lipinski definition) is 4. The zero-order valence-electron chi connectivity index (χ0n) is 15.8. The molecule has 0 aromatic heterocycles. The van der Waals surface area contributed by atoms with E-state index in [0.29, 0.717) is 17.1 Å². The molecule has 0 spiro atoms. The molecule has 1 unspecified atom stereocenters. The van der Waals surface area contributed by atoms with Crippen molar-refractivity contribution in [3.63, 3.8) is 0 Å². The lowest BCUT2D eigenvalue weighted by atomic mass is 10.1. The van der Waals surface area contributed by atoms with Gasteiger partial charge >= 0.3 is 6.03 Å². The highest BCUT2D eigenvalue weighted by Gasteiger charge is 2.12. The lowest BCUT2D eigenvalue weighted by molar-refractivity contribution is -0.117. The maximum absolute atomic E-state index is 12.4. The molecule has 148 valence electrons. The summed E-state index contributed by atoms with van der Waals surface area (Å²) in [6, 6.07) is 14.1. The van der Waals surface area contributed by atoms with Gasteiger partial charge < -0.3 is 21.7 Å². The second-order valence-electron chi connectivity index (χ2n) is 6.19. The van der Waals surface area contributed by atoms with E-state index < -0.39 is 0 Å². The van der Waals surface area contributed by atoms with Crippen molar-refractivity contribution in [1.82, 2.24) is 5.32 Å². The van der Waals surface area contributed by atoms with Gasteiger partial charge in [-0.05, 0) is 36.8 Å². The average molecular weight is 401 g/mol. The minimum absolute atomic E-state index is 0.152. The Hall–Kier alpha value is -3.00. The van der Waals surface area contributed by atoms with Crippen molar-refractivity contribution in [1.29, 1.82) is 0 Å². The predicted octanol–water partition coefficient (Wildman–Crippen LogP) is 3.50. The van der Waals surface area contributed by atoms with Crippen LogP contribution in [0, 0.1) is 0 Å². The number of carbonyl (C=O) groups is 3. The Labute approximate surface area is 168 Å². The van der Waals surface area contributed by atoms with E-state index in [0.717, 1.165) is 10.5 Å². The fourth-order valence-corrected chi connectivity index (χ4v) is 3.46. The Bertz CT molecular complexity index is 857. The number of benzene rings is 2. The monoisotopic (exact) mass is 400 g/mol. The van der Waals surface area contributed by atoms with Crippen LogP contribution in [0.2, 0.25) is 0 Å². The van der Waals surface area contributed by atoms with E-state index in [1.54, 1.807) is 12.1 Å². The quantitative estimate of drug-likeness (QED) is 0.508. The summed E-state index contributed by atoms with van der Waals surface area (Å²) in [6.45, 7) is 3.31. The van der Waals surface area contributed by atoms with Crippen LogP contribution in [-0.4, -0.2) is 23.6 Å². The standard InChI is InChI=1S/C20H24N4O3S/c1-13(15-6-5-7-16(12-15)23-14(2)25)22-20(27)24-17-8-3-4-9-18(17)28-11-10-19(21)26/h3-9,12-13H,10-11H2,1-2H3,(H2,21,26)(H,23,25)(H2,22,24,27). The number of thioether (sulfide) groups is 1. The molecule has 2 rings (SSSR count). The molecule has 7 nitrogen and oxygen atoms in total. The van der Waals surface area contributed by atoms with Crippen molar-refractivity contribution in [2.24, 2.45) is 5.73 Å². The first-order valence-electron chi connectivity index (χ1n) is 8.80. The second kappa shape index (κ2) is 10.4. The molecule has 0 aliphatic carbocycles. The molecule has 0 bridgehead atoms. The first kappa shape index (κ1) is 21.3. The Kier molecular flexibility index (Phi) is 7.88. The molecule has 2 aromatic carbocycles. The number of hydrogen-bond acceptors (Lipinski definition) is 4. The highest BCUT2D eigenvalue weighted by atomic mass is 32.2. The highest BCUT2D eigenvalue weighted by molar-refractivity contribution is 7.99. The van der Waals surface area contributed by atoms with Gasteiger partial charge in [-0.1, -0.05) is 24.3 Å². The van der Waals surface area contributed by atoms with Crippen LogP contribution in [0.1, 0.15) is 31.9 Å². The molecular formula is C20H24N4O3S. The summed E-state index contributed by atoms with van der Waals surface area (Å²) in [7, 11) is 0. The zero-order valence-corrected chi connectivity index (χ0v) is 16.6. The van der Waals surface area contributed by atoms with E-state index in [1.807, 2.05) is 43.3 Å². The van der Waals surface area contributed by atoms with Crippen molar-refractivity contribution in [2.45, 2.75) is 31.2 Å². The number of urea groups is 1. The van der Waals surface area contributed by atoms with E-state index >= 15 is 0 Å². The van der Waals surface area contributed by atoms with Crippen LogP contribution in [0.25, 0.3) is 0 Å². The van der Waals surface area contributed by atoms with Crippen LogP contribution in [0.5, 0.6) is 0 Å². The molecule has 4 amide bonds. The van der Waals surface area contributed by atoms with Crippen LogP contribution in [0.3, 0.4) is 0 Å². The summed E-state index contributed by atoms with van der Waals surface area (Å²) in [5.41, 5.74) is 7.37. The largest absolute Gasteiger partial charge is 0.370 e. The van der Waals surface area contributed by atoms with Crippen molar-refractivity contribution in [3.05, 3.63) is 54.1 Å². The first-order chi connectivity index (χ1) is 13.3. The summed E-state index contributed by atoms with van der Waals surface area (Å²) in [4.78, 5) is 35.4. The maximum Gasteiger partial charge on any atom is 0.319 e. The van der Waals surface area contributed by atoms with Crippen molar-refractivity contribution >= 4 is 41.0 Å². The van der Waals surface area contributed by atoms with E-state index in [4.69, 9.17) is 5.73 Å². The molecule has 0 heterocycles. The Morgan fingerprint density at radius 2 is 1.82 bits per heavy atom. The fraction of sp³-hybridized carbons (Fsp3) is 0.250. The summed E-state index contributed by atoms with van der Waals surface area (Å²) >= 11 is 1.46. The average Bonchev–Trinajstić information content (AvgIpc) is 2.62. The van der Waals surface area contributed by atoms with Gasteiger partial charge in [-0.2, -0.15) is 0 Å². The maximum atomic E-state index is 12.4. The summed E-state index contributed by atoms with van der Waals surface area (Å²) in [6.07, 6.45) is 0.271. The van der Waals surface area contributed by atoms with Gasteiger partial charge in [0.2, 0.25) is 11.8 Å². The lowest BCUT2D eigenvalue weighted by Gasteiger charge is -2.17. The number of amides is 4. The third-order valence-corrected chi connectivity index (χ3v) is 4.87. The second-order valence-corrected chi connectivity index (χ2v) is 7.32. The molecule has 2 aromatic rings. The van der Waals surface area contributed by atoms with E-state index in [-0.39, 0.29) is 30.3 Å². The van der Waals surface area contributed by atoms with Crippen LogP contribution in [0.4, 0.5) is 16.2 Å². The summed E-state index contributed by atoms with van der Waals surface area (Å²) in [5, 5.41) is 8.45. The molecule has 0 aliphatic heterocycles. The zero-order chi connectivity index (χ0) is 20.5. The van der Waals surface area contributed by atoms with Gasteiger partial charge in [0, 0.05) is 29.7 Å². The smallest absolute Gasteiger partial charge is 0.319 e. The van der Waals surface area contributed by atoms with Crippen LogP contribution in [-0.2, 0) is 9.59 Å². The number of para-hydroxylation sites is 1. The van der Waals surface area contributed by atoms with Crippen molar-refractivity contribution < 1.29 is 14.4 Å². The predicted molar refractivity (Wildman–Crippen MR) is 112 cm³/mol. The van der Waals surface area contributed by atoms with E-state index in [2.05, 4.69) is 16.0 Å². The molecule has 0 radical (unpaired) electrons. The molecule has 8 heteroatoms. The number of nitrogens with two attached hydrogens (primary N) is 1. The van der Waals surface area contributed by atoms with Gasteiger partial charge in [0.05, 0.1) is 11.7 Å². The lowest BCUT2D eigenvalue weighted by Crippen LogP contribution is -2.31. The molecule has 5 N–H and O–H groups in total. The molecule has 28 heavy (non-hydrogen) atoms. The molecule has 1 atom stereocenters. The van der Waals surface area contributed by atoms with Crippen LogP contribution in [0.15, 0.2) is 53.4 Å². The number of primary amides is 1. The molecule has 0 saturated carbocycles. The first-order valence-corrected chi connectivity index (χ1v) is 9.79. The SMILES string of the molecule is CC(=O)Nc1cccc(C(C)NC(=O)Nc2ccccc2SCCC(N)=O)c1. The molecular weight excluding hydrogens is 376 g/mol. The molecule has 0 fully saturated rings. The minimum atomic E-state index is -0.356. The minimum Gasteiger partial charge on any atom is -0.370 e. The topological polar surface area (TPSA) is 113 Å². The Balaban J connectivity index is 1.98. The van der Waals surface area contributed by atoms with Crippen molar-refractivity contribution in [2.75, 3.05) is 16.4 Å². The number of nitrogens with one attached hydrogen (secondary N) is 3. The van der Waals surface area contributed by atoms with Gasteiger partial charge in [0.1, 0.15) is 0 Å². The van der Waals surface area contributed by atoms with Crippen LogP contribution < -0.4 is 21.7 Å². The molecule has 0 saturated heterocycles. The van der Waals surface area contributed by atoms with E-state index in [9.17, 15) is 14.4 Å². The third kappa shape index (κ3) is 6.96. The van der Waals surface area contributed by atoms with Crippen molar-refractivity contribution in [3.8, 4) is 0 Å². The number of rotatable bonds is 8. The van der Waals surface area contributed by atoms with Crippen LogP contribution >= 0.6 is 11.8 Å². The highest BCUT2D eigenvalue weighted by Crippen LogP contribution is 2.27. The fourth-order valence-electron chi connectivity index (χ4n) is 2.48. The van der Waals surface area contributed by atoms with Gasteiger partial charge in [-0.15, -0.1) is 11.8 Å². The summed E-state index contributed by atoms with van der Waals surface area (Å²) < 4.78 is 0. The number of carbonyl (C=O) groups excluding carboxylic acids is 3. The third-order valence-electron chi connectivity index (χ3n) is 3.80. The molecule has 0 aliphatic rings. The van der Waals surface area contributed by atoms with Gasteiger partial charge in [-0.25, -0.2) is 4.79 Å². The van der Waals surface area contributed by atoms with Gasteiger partial charge in [0.15, 0.2) is 0 Å². The Morgan fingerprint density at radius 3 is 2.54 bits per heavy atom. The Morgan fingerprint density at radius 1 is 1.07 bits per heavy atom. The van der Waals surface area contributed by atoms with Gasteiger partial charge in [0.25, 0.3) is 0 Å². The van der Waals surface area contributed by atoms with Gasteiger partial charge in [-0.3, -0.25) is 9.59 Å². The van der Waals surface area contributed by atoms with E-state index in [1.165, 1.54) is 18.7 Å². The number of anilines is 2.